The standard InChI is InChI=1S/C15H26N2OS/c1-3-8-16-11-14-4-5-15(19-14)12-18-13-6-9-17(2)10-7-13/h4-5,13,16H,3,6-12H2,1-2H3. The van der Waals surface area contributed by atoms with Gasteiger partial charge in [0.05, 0.1) is 12.7 Å². The number of hydrogen-bond acceptors (Lipinski definition) is 4. The maximum atomic E-state index is 6.02. The molecule has 19 heavy (non-hydrogen) atoms. The number of ether oxygens (including phenoxy) is 1. The zero-order valence-electron chi connectivity index (χ0n) is 12.2. The minimum atomic E-state index is 0.458. The molecule has 0 aromatic carbocycles. The van der Waals surface area contributed by atoms with Gasteiger partial charge in [0.2, 0.25) is 0 Å². The highest BCUT2D eigenvalue weighted by molar-refractivity contribution is 7.11. The van der Waals surface area contributed by atoms with Gasteiger partial charge in [-0.1, -0.05) is 6.92 Å². The maximum absolute atomic E-state index is 6.02. The molecule has 1 N–H and O–H groups in total. The molecule has 0 bridgehead atoms. The van der Waals surface area contributed by atoms with E-state index in [2.05, 4.69) is 36.3 Å². The maximum Gasteiger partial charge on any atom is 0.0813 e. The fourth-order valence-corrected chi connectivity index (χ4v) is 3.24. The SMILES string of the molecule is CCCNCc1ccc(COC2CCN(C)CC2)s1. The lowest BCUT2D eigenvalue weighted by atomic mass is 10.1. The molecule has 4 heteroatoms. The molecule has 0 saturated carbocycles. The minimum Gasteiger partial charge on any atom is -0.373 e. The number of rotatable bonds is 7. The Labute approximate surface area is 121 Å². The second kappa shape index (κ2) is 8.00. The van der Waals surface area contributed by atoms with Crippen LogP contribution < -0.4 is 5.32 Å². The van der Waals surface area contributed by atoms with Gasteiger partial charge in [-0.05, 0) is 45.0 Å². The van der Waals surface area contributed by atoms with Gasteiger partial charge in [0.1, 0.15) is 0 Å². The third-order valence-electron chi connectivity index (χ3n) is 3.57. The quantitative estimate of drug-likeness (QED) is 0.778. The van der Waals surface area contributed by atoms with Crippen molar-refractivity contribution in [3.63, 3.8) is 0 Å². The van der Waals surface area contributed by atoms with Gasteiger partial charge in [-0.2, -0.15) is 0 Å². The van der Waals surface area contributed by atoms with E-state index in [1.54, 1.807) is 0 Å². The van der Waals surface area contributed by atoms with Crippen molar-refractivity contribution >= 4 is 11.3 Å². The summed E-state index contributed by atoms with van der Waals surface area (Å²) in [5, 5.41) is 3.44. The first-order valence-corrected chi connectivity index (χ1v) is 8.18. The van der Waals surface area contributed by atoms with Crippen LogP contribution in [0.1, 0.15) is 35.9 Å². The molecule has 3 nitrogen and oxygen atoms in total. The third-order valence-corrected chi connectivity index (χ3v) is 4.63. The molecular weight excluding hydrogens is 256 g/mol. The van der Waals surface area contributed by atoms with E-state index in [0.29, 0.717) is 6.10 Å². The van der Waals surface area contributed by atoms with Gasteiger partial charge in [-0.3, -0.25) is 0 Å². The van der Waals surface area contributed by atoms with Crippen molar-refractivity contribution < 1.29 is 4.74 Å². The predicted octanol–water partition coefficient (Wildman–Crippen LogP) is 2.86. The van der Waals surface area contributed by atoms with E-state index in [1.807, 2.05) is 11.3 Å². The van der Waals surface area contributed by atoms with Gasteiger partial charge in [0.15, 0.2) is 0 Å². The average Bonchev–Trinajstić information content (AvgIpc) is 2.86. The van der Waals surface area contributed by atoms with Crippen LogP contribution in [0, 0.1) is 0 Å². The number of hydrogen-bond donors (Lipinski definition) is 1. The van der Waals surface area contributed by atoms with E-state index in [0.717, 1.165) is 19.7 Å². The van der Waals surface area contributed by atoms with Gasteiger partial charge >= 0.3 is 0 Å². The summed E-state index contributed by atoms with van der Waals surface area (Å²) >= 11 is 1.87. The molecule has 108 valence electrons. The topological polar surface area (TPSA) is 24.5 Å². The Morgan fingerprint density at radius 1 is 1.32 bits per heavy atom. The van der Waals surface area contributed by atoms with Crippen LogP contribution in [0.4, 0.5) is 0 Å². The number of likely N-dealkylation sites (tertiary alicyclic amines) is 1. The van der Waals surface area contributed by atoms with E-state index in [4.69, 9.17) is 4.74 Å². The fourth-order valence-electron chi connectivity index (χ4n) is 2.33. The second-order valence-electron chi connectivity index (χ2n) is 5.36. The average molecular weight is 282 g/mol. The van der Waals surface area contributed by atoms with Crippen LogP contribution >= 0.6 is 11.3 Å². The van der Waals surface area contributed by atoms with Crippen molar-refractivity contribution in [2.75, 3.05) is 26.7 Å². The molecular formula is C15H26N2OS. The van der Waals surface area contributed by atoms with Crippen LogP contribution in [0.15, 0.2) is 12.1 Å². The Balaban J connectivity index is 1.68. The highest BCUT2D eigenvalue weighted by Gasteiger charge is 2.17. The van der Waals surface area contributed by atoms with Crippen LogP contribution in [-0.4, -0.2) is 37.7 Å². The van der Waals surface area contributed by atoms with E-state index in [1.165, 1.54) is 42.1 Å². The molecule has 0 amide bonds. The summed E-state index contributed by atoms with van der Waals surface area (Å²) in [6.07, 6.45) is 4.00. The summed E-state index contributed by atoms with van der Waals surface area (Å²) in [5.74, 6) is 0. The van der Waals surface area contributed by atoms with E-state index < -0.39 is 0 Å². The van der Waals surface area contributed by atoms with E-state index in [9.17, 15) is 0 Å². The zero-order chi connectivity index (χ0) is 13.5. The Bertz CT molecular complexity index is 359. The molecule has 2 heterocycles. The first-order valence-electron chi connectivity index (χ1n) is 7.36. The van der Waals surface area contributed by atoms with Gasteiger partial charge in [0.25, 0.3) is 0 Å². The molecule has 1 aromatic heterocycles. The summed E-state index contributed by atoms with van der Waals surface area (Å²) in [4.78, 5) is 5.14. The lowest BCUT2D eigenvalue weighted by Gasteiger charge is -2.28. The van der Waals surface area contributed by atoms with E-state index >= 15 is 0 Å². The lowest BCUT2D eigenvalue weighted by molar-refractivity contribution is 0.00331. The van der Waals surface area contributed by atoms with Crippen LogP contribution in [0.5, 0.6) is 0 Å². The largest absolute Gasteiger partial charge is 0.373 e. The second-order valence-corrected chi connectivity index (χ2v) is 6.61. The zero-order valence-corrected chi connectivity index (χ0v) is 13.0. The first-order chi connectivity index (χ1) is 9.28. The number of nitrogens with zero attached hydrogens (tertiary/aromatic N) is 1. The van der Waals surface area contributed by atoms with Crippen LogP contribution in [-0.2, 0) is 17.9 Å². The van der Waals surface area contributed by atoms with Crippen molar-refractivity contribution in [3.8, 4) is 0 Å². The van der Waals surface area contributed by atoms with Crippen LogP contribution in [0.2, 0.25) is 0 Å². The van der Waals surface area contributed by atoms with Crippen molar-refractivity contribution in [1.29, 1.82) is 0 Å². The molecule has 0 aliphatic carbocycles. The molecule has 1 fully saturated rings. The Kier molecular flexibility index (Phi) is 6.31. The van der Waals surface area contributed by atoms with Gasteiger partial charge in [-0.15, -0.1) is 11.3 Å². The number of thiophene rings is 1. The Morgan fingerprint density at radius 2 is 2.05 bits per heavy atom. The molecule has 1 saturated heterocycles. The lowest BCUT2D eigenvalue weighted by Crippen LogP contribution is -2.34. The smallest absolute Gasteiger partial charge is 0.0813 e. The van der Waals surface area contributed by atoms with Crippen molar-refractivity contribution in [1.82, 2.24) is 10.2 Å². The molecule has 0 unspecified atom stereocenters. The Hall–Kier alpha value is -0.420. The number of piperidine rings is 1. The fraction of sp³-hybridized carbons (Fsp3) is 0.733. The van der Waals surface area contributed by atoms with Crippen molar-refractivity contribution in [2.45, 2.75) is 45.4 Å². The molecule has 0 atom stereocenters. The summed E-state index contributed by atoms with van der Waals surface area (Å²) in [6.45, 7) is 7.41. The molecule has 0 radical (unpaired) electrons. The summed E-state index contributed by atoms with van der Waals surface area (Å²) < 4.78 is 6.02. The summed E-state index contributed by atoms with van der Waals surface area (Å²) in [5.41, 5.74) is 0. The van der Waals surface area contributed by atoms with Crippen molar-refractivity contribution in [3.05, 3.63) is 21.9 Å². The van der Waals surface area contributed by atoms with Crippen molar-refractivity contribution in [2.24, 2.45) is 0 Å². The molecule has 1 aliphatic rings. The Morgan fingerprint density at radius 3 is 2.79 bits per heavy atom. The van der Waals surface area contributed by atoms with Gasteiger partial charge in [-0.25, -0.2) is 0 Å². The molecule has 1 aromatic rings. The minimum absolute atomic E-state index is 0.458. The van der Waals surface area contributed by atoms with Gasteiger partial charge in [0, 0.05) is 29.4 Å². The first kappa shape index (κ1) is 15.0. The predicted molar refractivity (Wildman–Crippen MR) is 81.6 cm³/mol. The van der Waals surface area contributed by atoms with Gasteiger partial charge < -0.3 is 15.0 Å². The molecule has 1 aliphatic heterocycles. The van der Waals surface area contributed by atoms with Crippen LogP contribution in [0.25, 0.3) is 0 Å². The number of nitrogens with one attached hydrogen (secondary N) is 1. The molecule has 0 spiro atoms. The highest BCUT2D eigenvalue weighted by Crippen LogP contribution is 2.20. The van der Waals surface area contributed by atoms with Crippen LogP contribution in [0.3, 0.4) is 0 Å². The normalized spacial score (nSPS) is 18.0. The highest BCUT2D eigenvalue weighted by atomic mass is 32.1. The monoisotopic (exact) mass is 282 g/mol. The summed E-state index contributed by atoms with van der Waals surface area (Å²) in [6, 6.07) is 4.43. The van der Waals surface area contributed by atoms with E-state index in [-0.39, 0.29) is 0 Å². The third kappa shape index (κ3) is 5.22. The summed E-state index contributed by atoms with van der Waals surface area (Å²) in [7, 11) is 2.19. The molecule has 2 rings (SSSR count).